The molecule has 0 amide bonds. The molecule has 0 aliphatic heterocycles. The number of rotatable bonds is 4. The smallest absolute Gasteiger partial charge is 0.164 e. The molecule has 214 valence electrons. The Hall–Kier alpha value is -6.19. The molecule has 8 aromatic carbocycles. The van der Waals surface area contributed by atoms with Crippen LogP contribution in [-0.2, 0) is 0 Å². The van der Waals surface area contributed by atoms with E-state index in [2.05, 4.69) is 103 Å². The molecular weight excluding hydrogens is 558 g/mol. The molecule has 1 aromatic heterocycles. The summed E-state index contributed by atoms with van der Waals surface area (Å²) in [5.74, 6) is 1.98. The average molecular weight is 586 g/mol. The van der Waals surface area contributed by atoms with Crippen molar-refractivity contribution in [3.8, 4) is 45.3 Å². The molecule has 1 heterocycles. The van der Waals surface area contributed by atoms with Crippen LogP contribution in [0, 0.1) is 0 Å². The normalized spacial score (nSPS) is 11.5. The SMILES string of the molecule is c1ccc(-c2nc(-c3ccccc3)nc(-c3ccc(-c4ccc5ccc6ccc7c8ccccc8ccc7c6c5c4)cc3)n2)cc1. The maximum absolute atomic E-state index is 4.91. The quantitative estimate of drug-likeness (QED) is 0.193. The van der Waals surface area contributed by atoms with E-state index in [-0.39, 0.29) is 0 Å². The molecule has 0 bridgehead atoms. The highest BCUT2D eigenvalue weighted by atomic mass is 15.0. The van der Waals surface area contributed by atoms with Gasteiger partial charge in [-0.1, -0.05) is 158 Å². The van der Waals surface area contributed by atoms with Crippen LogP contribution < -0.4 is 0 Å². The minimum atomic E-state index is 0.655. The Morgan fingerprint density at radius 2 is 0.717 bits per heavy atom. The molecule has 9 aromatic rings. The Bertz CT molecular complexity index is 2500. The molecule has 0 fully saturated rings. The zero-order valence-electron chi connectivity index (χ0n) is 24.9. The molecule has 0 saturated heterocycles. The van der Waals surface area contributed by atoms with Crippen LogP contribution in [0.25, 0.3) is 88.4 Å². The fourth-order valence-corrected chi connectivity index (χ4v) is 6.57. The van der Waals surface area contributed by atoms with Crippen LogP contribution in [0.4, 0.5) is 0 Å². The lowest BCUT2D eigenvalue weighted by Crippen LogP contribution is -2.00. The summed E-state index contributed by atoms with van der Waals surface area (Å²) in [6, 6.07) is 57.7. The Balaban J connectivity index is 1.16. The molecule has 0 aliphatic carbocycles. The number of aromatic nitrogens is 3. The van der Waals surface area contributed by atoms with Gasteiger partial charge in [-0.05, 0) is 60.3 Å². The summed E-state index contributed by atoms with van der Waals surface area (Å²) >= 11 is 0. The summed E-state index contributed by atoms with van der Waals surface area (Å²) in [7, 11) is 0. The Morgan fingerprint density at radius 1 is 0.261 bits per heavy atom. The van der Waals surface area contributed by atoms with Crippen molar-refractivity contribution in [3.05, 3.63) is 164 Å². The lowest BCUT2D eigenvalue weighted by atomic mass is 9.92. The van der Waals surface area contributed by atoms with E-state index in [1.807, 2.05) is 60.7 Å². The lowest BCUT2D eigenvalue weighted by Gasteiger charge is -2.12. The average Bonchev–Trinajstić information content (AvgIpc) is 3.14. The second-order valence-electron chi connectivity index (χ2n) is 11.7. The third-order valence-electron chi connectivity index (χ3n) is 8.90. The van der Waals surface area contributed by atoms with Crippen LogP contribution in [-0.4, -0.2) is 15.0 Å². The topological polar surface area (TPSA) is 38.7 Å². The molecule has 3 nitrogen and oxygen atoms in total. The zero-order chi connectivity index (χ0) is 30.5. The fourth-order valence-electron chi connectivity index (χ4n) is 6.57. The van der Waals surface area contributed by atoms with Gasteiger partial charge in [-0.2, -0.15) is 0 Å². The van der Waals surface area contributed by atoms with Gasteiger partial charge in [0, 0.05) is 16.7 Å². The molecule has 0 atom stereocenters. The van der Waals surface area contributed by atoms with Crippen LogP contribution in [0.3, 0.4) is 0 Å². The monoisotopic (exact) mass is 585 g/mol. The van der Waals surface area contributed by atoms with Gasteiger partial charge >= 0.3 is 0 Å². The van der Waals surface area contributed by atoms with Crippen molar-refractivity contribution < 1.29 is 0 Å². The van der Waals surface area contributed by atoms with Gasteiger partial charge in [-0.25, -0.2) is 15.0 Å². The van der Waals surface area contributed by atoms with E-state index in [0.717, 1.165) is 22.3 Å². The van der Waals surface area contributed by atoms with Crippen LogP contribution in [0.2, 0.25) is 0 Å². The highest BCUT2D eigenvalue weighted by molar-refractivity contribution is 6.24. The first-order valence-electron chi connectivity index (χ1n) is 15.5. The molecular formula is C43H27N3. The number of fused-ring (bicyclic) bond motifs is 7. The second kappa shape index (κ2) is 10.8. The third-order valence-corrected chi connectivity index (χ3v) is 8.90. The van der Waals surface area contributed by atoms with Crippen molar-refractivity contribution in [1.82, 2.24) is 15.0 Å². The van der Waals surface area contributed by atoms with Crippen molar-refractivity contribution >= 4 is 43.1 Å². The van der Waals surface area contributed by atoms with Gasteiger partial charge in [0.15, 0.2) is 17.5 Å². The van der Waals surface area contributed by atoms with E-state index in [0.29, 0.717) is 17.5 Å². The lowest BCUT2D eigenvalue weighted by molar-refractivity contribution is 1.07. The summed E-state index contributed by atoms with van der Waals surface area (Å²) in [5, 5.41) is 10.2. The number of hydrogen-bond acceptors (Lipinski definition) is 3. The number of nitrogens with zero attached hydrogens (tertiary/aromatic N) is 3. The van der Waals surface area contributed by atoms with E-state index < -0.39 is 0 Å². The Morgan fingerprint density at radius 3 is 1.41 bits per heavy atom. The van der Waals surface area contributed by atoms with E-state index >= 15 is 0 Å². The largest absolute Gasteiger partial charge is 0.208 e. The maximum atomic E-state index is 4.91. The van der Waals surface area contributed by atoms with E-state index in [9.17, 15) is 0 Å². The van der Waals surface area contributed by atoms with Gasteiger partial charge in [0.25, 0.3) is 0 Å². The standard InChI is InChI=1S/C43H27N3/c1-3-10-32(11-4-1)41-44-42(33-12-5-2-6-13-33)46-43(45-41)34-20-15-28(16-21-34)35-22-18-30-17-19-31-24-25-37-36-14-8-7-9-29(36)23-26-38(37)40(31)39(30)27-35/h1-27H. The molecule has 0 unspecified atom stereocenters. The summed E-state index contributed by atoms with van der Waals surface area (Å²) in [6.45, 7) is 0. The molecule has 0 saturated carbocycles. The molecule has 3 heteroatoms. The second-order valence-corrected chi connectivity index (χ2v) is 11.7. The van der Waals surface area contributed by atoms with Gasteiger partial charge in [-0.15, -0.1) is 0 Å². The van der Waals surface area contributed by atoms with Crippen LogP contribution in [0.15, 0.2) is 164 Å². The van der Waals surface area contributed by atoms with E-state index in [4.69, 9.17) is 15.0 Å². The Kier molecular flexibility index (Phi) is 6.14. The van der Waals surface area contributed by atoms with Crippen molar-refractivity contribution in [2.45, 2.75) is 0 Å². The predicted molar refractivity (Wildman–Crippen MR) is 192 cm³/mol. The first-order chi connectivity index (χ1) is 22.8. The number of hydrogen-bond donors (Lipinski definition) is 0. The molecule has 0 spiro atoms. The summed E-state index contributed by atoms with van der Waals surface area (Å²) in [5.41, 5.74) is 5.20. The molecule has 0 N–H and O–H groups in total. The minimum Gasteiger partial charge on any atom is -0.208 e. The summed E-state index contributed by atoms with van der Waals surface area (Å²) in [4.78, 5) is 14.6. The van der Waals surface area contributed by atoms with Gasteiger partial charge in [-0.3, -0.25) is 0 Å². The van der Waals surface area contributed by atoms with Gasteiger partial charge in [0.05, 0.1) is 0 Å². The highest BCUT2D eigenvalue weighted by Crippen LogP contribution is 2.37. The zero-order valence-corrected chi connectivity index (χ0v) is 24.9. The molecule has 9 rings (SSSR count). The molecule has 46 heavy (non-hydrogen) atoms. The van der Waals surface area contributed by atoms with Gasteiger partial charge in [0.1, 0.15) is 0 Å². The number of benzene rings is 8. The fraction of sp³-hybridized carbons (Fsp3) is 0. The van der Waals surface area contributed by atoms with Gasteiger partial charge in [0.2, 0.25) is 0 Å². The predicted octanol–water partition coefficient (Wildman–Crippen LogP) is 11.2. The van der Waals surface area contributed by atoms with Crippen molar-refractivity contribution in [3.63, 3.8) is 0 Å². The van der Waals surface area contributed by atoms with Crippen LogP contribution in [0.1, 0.15) is 0 Å². The summed E-state index contributed by atoms with van der Waals surface area (Å²) in [6.07, 6.45) is 0. The first-order valence-corrected chi connectivity index (χ1v) is 15.5. The van der Waals surface area contributed by atoms with Gasteiger partial charge < -0.3 is 0 Å². The van der Waals surface area contributed by atoms with Crippen molar-refractivity contribution in [2.24, 2.45) is 0 Å². The van der Waals surface area contributed by atoms with Crippen molar-refractivity contribution in [1.29, 1.82) is 0 Å². The van der Waals surface area contributed by atoms with Crippen molar-refractivity contribution in [2.75, 3.05) is 0 Å². The van der Waals surface area contributed by atoms with E-state index in [1.165, 1.54) is 48.7 Å². The Labute approximate surface area is 266 Å². The van der Waals surface area contributed by atoms with Crippen LogP contribution in [0.5, 0.6) is 0 Å². The highest BCUT2D eigenvalue weighted by Gasteiger charge is 2.13. The third kappa shape index (κ3) is 4.49. The molecule has 0 aliphatic rings. The summed E-state index contributed by atoms with van der Waals surface area (Å²) < 4.78 is 0. The first kappa shape index (κ1) is 26.2. The molecule has 0 radical (unpaired) electrons. The van der Waals surface area contributed by atoms with Crippen LogP contribution >= 0.6 is 0 Å². The maximum Gasteiger partial charge on any atom is 0.164 e. The minimum absolute atomic E-state index is 0.655. The van der Waals surface area contributed by atoms with E-state index in [1.54, 1.807) is 0 Å².